The Balaban J connectivity index is 1.61. The molecule has 7 rings (SSSR count). The van der Waals surface area contributed by atoms with E-state index in [2.05, 4.69) is 10.2 Å². The van der Waals surface area contributed by atoms with Crippen molar-refractivity contribution < 1.29 is 41.8 Å². The number of benzene rings is 4. The first-order chi connectivity index (χ1) is 23.5. The minimum atomic E-state index is -4.68. The number of methoxy groups -OCH3 is 3. The first-order valence-corrected chi connectivity index (χ1v) is 17.6. The molecule has 12 heteroatoms. The van der Waals surface area contributed by atoms with Gasteiger partial charge in [0.25, 0.3) is 10.1 Å². The van der Waals surface area contributed by atoms with Crippen molar-refractivity contribution >= 4 is 10.1 Å². The summed E-state index contributed by atoms with van der Waals surface area (Å²) in [5.74, 6) is 2.18. The molecule has 0 unspecified atom stereocenters. The Bertz CT molecular complexity index is 1960. The Morgan fingerprint density at radius 1 is 0.857 bits per heavy atom. The lowest BCUT2D eigenvalue weighted by molar-refractivity contribution is 0.220. The molecule has 49 heavy (non-hydrogen) atoms. The summed E-state index contributed by atoms with van der Waals surface area (Å²) >= 11 is 0. The maximum Gasteiger partial charge on any atom is 0.294 e. The molecule has 0 spiro atoms. The highest BCUT2D eigenvalue weighted by Crippen LogP contribution is 2.51. The molecule has 260 valence electrons. The molecule has 3 N–H and O–H groups in total. The lowest BCUT2D eigenvalue weighted by atomic mass is 9.87. The summed E-state index contributed by atoms with van der Waals surface area (Å²) in [6, 6.07) is 15.9. The normalized spacial score (nSPS) is 16.1. The quantitative estimate of drug-likeness (QED) is 0.201. The zero-order chi connectivity index (χ0) is 34.9. The molecular weight excluding hydrogens is 648 g/mol. The number of phenols is 1. The first kappa shape index (κ1) is 34.4. The predicted molar refractivity (Wildman–Crippen MR) is 185 cm³/mol. The second-order valence-electron chi connectivity index (χ2n) is 12.3. The molecule has 4 aromatic rings. The van der Waals surface area contributed by atoms with Crippen LogP contribution in [0.25, 0.3) is 0 Å². The zero-order valence-corrected chi connectivity index (χ0v) is 29.1. The fourth-order valence-corrected chi connectivity index (χ4v) is 7.46. The number of rotatable bonds is 7. The van der Waals surface area contributed by atoms with Crippen LogP contribution in [-0.2, 0) is 42.2 Å². The van der Waals surface area contributed by atoms with Crippen molar-refractivity contribution in [2.24, 2.45) is 0 Å². The van der Waals surface area contributed by atoms with Crippen LogP contribution < -0.4 is 29.0 Å². The third-order valence-electron chi connectivity index (χ3n) is 9.38. The molecule has 0 aliphatic carbocycles. The topological polar surface area (TPSA) is 136 Å². The minimum absolute atomic E-state index is 0.116. The minimum Gasteiger partial charge on any atom is -0.502 e. The van der Waals surface area contributed by atoms with Crippen molar-refractivity contribution in [1.82, 2.24) is 10.2 Å². The third kappa shape index (κ3) is 7.00. The van der Waals surface area contributed by atoms with Crippen LogP contribution in [-0.4, -0.2) is 71.5 Å². The van der Waals surface area contributed by atoms with Crippen molar-refractivity contribution in [3.05, 3.63) is 88.0 Å². The van der Waals surface area contributed by atoms with Crippen molar-refractivity contribution in [2.45, 2.75) is 43.0 Å². The molecule has 3 aliphatic rings. The van der Waals surface area contributed by atoms with Gasteiger partial charge in [0.05, 0.1) is 21.3 Å². The van der Waals surface area contributed by atoms with Gasteiger partial charge in [-0.15, -0.1) is 0 Å². The molecule has 0 radical (unpaired) electrons. The van der Waals surface area contributed by atoms with Gasteiger partial charge in [0.15, 0.2) is 34.5 Å². The number of ether oxygens (including phenoxy) is 5. The summed E-state index contributed by atoms with van der Waals surface area (Å²) in [5, 5.41) is 14.9. The second kappa shape index (κ2) is 14.2. The van der Waals surface area contributed by atoms with E-state index in [1.807, 2.05) is 50.5 Å². The number of aromatic hydroxyl groups is 1. The Morgan fingerprint density at radius 3 is 2.20 bits per heavy atom. The number of aryl methyl sites for hydroxylation is 2. The van der Waals surface area contributed by atoms with Crippen molar-refractivity contribution in [1.29, 1.82) is 0 Å². The van der Waals surface area contributed by atoms with Gasteiger partial charge in [-0.25, -0.2) is 0 Å². The van der Waals surface area contributed by atoms with Crippen LogP contribution in [0.3, 0.4) is 0 Å². The summed E-state index contributed by atoms with van der Waals surface area (Å²) in [4.78, 5) is 1.77. The summed E-state index contributed by atoms with van der Waals surface area (Å²) in [5.41, 5.74) is 5.14. The van der Waals surface area contributed by atoms with Gasteiger partial charge in [-0.1, -0.05) is 12.1 Å². The molecular formula is C37H42N2O9S. The van der Waals surface area contributed by atoms with Crippen LogP contribution in [0.2, 0.25) is 0 Å². The van der Waals surface area contributed by atoms with E-state index in [0.29, 0.717) is 47.1 Å². The molecule has 0 aromatic heterocycles. The number of nitrogens with zero attached hydrogens (tertiary/aromatic N) is 1. The number of fused-ring (bicyclic) bond motifs is 3. The van der Waals surface area contributed by atoms with Gasteiger partial charge in [-0.2, -0.15) is 8.42 Å². The SMILES string of the molecule is CNCCc1cc(OC)c2cc1CCc1ccc(cc1)Oc1cc(c(S(=O)(=O)O)cc1OC)C[C@H]1c3c(cc(OC)c(O)c3O2)CCN1C. The summed E-state index contributed by atoms with van der Waals surface area (Å²) in [7, 11) is 3.65. The number of phenolic OH excluding ortho intramolecular Hbond substituents is 1. The molecule has 0 saturated heterocycles. The highest BCUT2D eigenvalue weighted by Gasteiger charge is 2.35. The Hall–Kier alpha value is -4.49. The summed E-state index contributed by atoms with van der Waals surface area (Å²) < 4.78 is 65.9. The number of hydrogen-bond donors (Lipinski definition) is 3. The van der Waals surface area contributed by atoms with Crippen molar-refractivity contribution in [3.8, 4) is 46.0 Å². The van der Waals surface area contributed by atoms with E-state index in [-0.39, 0.29) is 34.3 Å². The lowest BCUT2D eigenvalue weighted by Gasteiger charge is -2.36. The van der Waals surface area contributed by atoms with Crippen LogP contribution in [0.1, 0.15) is 39.4 Å². The highest BCUT2D eigenvalue weighted by atomic mass is 32.2. The van der Waals surface area contributed by atoms with Gasteiger partial charge in [-0.05, 0) is 117 Å². The lowest BCUT2D eigenvalue weighted by Crippen LogP contribution is -2.34. The number of nitrogens with one attached hydrogen (secondary N) is 1. The second-order valence-corrected chi connectivity index (χ2v) is 13.7. The van der Waals surface area contributed by atoms with Crippen LogP contribution in [0, 0.1) is 0 Å². The number of likely N-dealkylation sites (N-methyl/N-ethyl adjacent to an activating group) is 2. The molecule has 0 fully saturated rings. The van der Waals surface area contributed by atoms with Crippen molar-refractivity contribution in [3.63, 3.8) is 0 Å². The fraction of sp³-hybridized carbons (Fsp3) is 0.351. The molecule has 0 amide bonds. The van der Waals surface area contributed by atoms with Gasteiger partial charge in [0, 0.05) is 24.2 Å². The van der Waals surface area contributed by atoms with E-state index in [1.165, 1.54) is 20.3 Å². The molecule has 11 nitrogen and oxygen atoms in total. The standard InChI is InChI=1S/C37H42N2O9S/c1-38-14-12-24-17-29(44-3)32-18-23(24)9-6-22-7-10-27(11-8-22)47-31-20-26(34(49(41,42)43)21-30(31)45-4)16-28-35-25(13-15-39(28)2)19-33(46-5)36(40)37(35)48-32/h7-8,10-11,17-21,28,38,40H,6,9,12-16H2,1-5H3,(H,41,42,43)/t28-/m0/s1. The van der Waals surface area contributed by atoms with Gasteiger partial charge < -0.3 is 34.1 Å². The van der Waals surface area contributed by atoms with Crippen LogP contribution in [0.5, 0.6) is 46.0 Å². The number of hydrogen-bond acceptors (Lipinski definition) is 10. The largest absolute Gasteiger partial charge is 0.502 e. The monoisotopic (exact) mass is 690 g/mol. The first-order valence-electron chi connectivity index (χ1n) is 16.1. The summed E-state index contributed by atoms with van der Waals surface area (Å²) in [6.07, 6.45) is 2.98. The molecule has 3 aliphatic heterocycles. The third-order valence-corrected chi connectivity index (χ3v) is 10.3. The van der Waals surface area contributed by atoms with Crippen LogP contribution >= 0.6 is 0 Å². The molecule has 0 saturated carbocycles. The van der Waals surface area contributed by atoms with E-state index in [9.17, 15) is 18.1 Å². The van der Waals surface area contributed by atoms with Crippen molar-refractivity contribution in [2.75, 3.05) is 48.5 Å². The van der Waals surface area contributed by atoms with E-state index >= 15 is 0 Å². The zero-order valence-electron chi connectivity index (χ0n) is 28.3. The average Bonchev–Trinajstić information content (AvgIpc) is 3.08. The molecule has 6 bridgehead atoms. The van der Waals surface area contributed by atoms with E-state index < -0.39 is 16.2 Å². The average molecular weight is 691 g/mol. The predicted octanol–water partition coefficient (Wildman–Crippen LogP) is 5.88. The highest BCUT2D eigenvalue weighted by molar-refractivity contribution is 7.85. The van der Waals surface area contributed by atoms with Gasteiger partial charge >= 0.3 is 0 Å². The van der Waals surface area contributed by atoms with E-state index in [4.69, 9.17) is 23.7 Å². The molecule has 1 atom stereocenters. The molecule has 3 heterocycles. The molecule has 4 aromatic carbocycles. The fourth-order valence-electron chi connectivity index (χ4n) is 6.73. The Kier molecular flexibility index (Phi) is 9.94. The smallest absolute Gasteiger partial charge is 0.294 e. The van der Waals surface area contributed by atoms with Gasteiger partial charge in [0.2, 0.25) is 5.75 Å². The Morgan fingerprint density at radius 2 is 1.53 bits per heavy atom. The Labute approximate surface area is 287 Å². The maximum absolute atomic E-state index is 12.8. The van der Waals surface area contributed by atoms with Gasteiger partial charge in [0.1, 0.15) is 10.6 Å². The van der Waals surface area contributed by atoms with Gasteiger partial charge in [-0.3, -0.25) is 9.45 Å². The van der Waals surface area contributed by atoms with Crippen LogP contribution in [0.4, 0.5) is 0 Å². The van der Waals surface area contributed by atoms with E-state index in [1.54, 1.807) is 19.2 Å². The maximum atomic E-state index is 12.8. The summed E-state index contributed by atoms with van der Waals surface area (Å²) in [6.45, 7) is 1.40. The van der Waals surface area contributed by atoms with E-state index in [0.717, 1.165) is 48.1 Å². The van der Waals surface area contributed by atoms with Crippen LogP contribution in [0.15, 0.2) is 59.5 Å².